The summed E-state index contributed by atoms with van der Waals surface area (Å²) in [6, 6.07) is 1.10. The highest BCUT2D eigenvalue weighted by Gasteiger charge is 2.20. The summed E-state index contributed by atoms with van der Waals surface area (Å²) in [7, 11) is 0. The van der Waals surface area contributed by atoms with Gasteiger partial charge in [0.15, 0.2) is 5.82 Å². The van der Waals surface area contributed by atoms with Gasteiger partial charge in [-0.2, -0.15) is 4.39 Å². The highest BCUT2D eigenvalue weighted by Crippen LogP contribution is 2.13. The fourth-order valence-corrected chi connectivity index (χ4v) is 1.06. The monoisotopic (exact) mass is 244 g/mol. The minimum absolute atomic E-state index is 0.125. The van der Waals surface area contributed by atoms with Crippen molar-refractivity contribution in [2.75, 3.05) is 13.2 Å². The van der Waals surface area contributed by atoms with E-state index < -0.39 is 28.7 Å². The average molecular weight is 244 g/mol. The molecule has 17 heavy (non-hydrogen) atoms. The number of halogens is 2. The molecule has 0 unspecified atom stereocenters. The van der Waals surface area contributed by atoms with Crippen LogP contribution in [0, 0.1) is 17.2 Å². The Morgan fingerprint density at radius 3 is 2.76 bits per heavy atom. The van der Waals surface area contributed by atoms with E-state index in [4.69, 9.17) is 5.11 Å². The summed E-state index contributed by atoms with van der Waals surface area (Å²) in [6.07, 6.45) is 1.02. The van der Waals surface area contributed by atoms with Crippen molar-refractivity contribution in [2.45, 2.75) is 13.8 Å². The molecule has 0 fully saturated rings. The molecule has 0 saturated heterocycles. The Morgan fingerprint density at radius 1 is 1.53 bits per heavy atom. The Kier molecular flexibility index (Phi) is 4.11. The standard InChI is InChI=1S/C11H14F2N2O2/c1-11(2,6-16)5-15-10(17)7-3-4-14-9(13)8(7)12/h3-4,16H,5-6H2,1-2H3,(H,15,17). The van der Waals surface area contributed by atoms with Gasteiger partial charge in [-0.3, -0.25) is 4.79 Å². The molecule has 1 heterocycles. The van der Waals surface area contributed by atoms with Crippen LogP contribution in [0.15, 0.2) is 12.3 Å². The molecule has 0 aliphatic heterocycles. The Morgan fingerprint density at radius 2 is 2.18 bits per heavy atom. The SMILES string of the molecule is CC(C)(CO)CNC(=O)c1ccnc(F)c1F. The Hall–Kier alpha value is -1.56. The van der Waals surface area contributed by atoms with E-state index >= 15 is 0 Å². The van der Waals surface area contributed by atoms with Gasteiger partial charge in [-0.25, -0.2) is 9.37 Å². The molecule has 1 aromatic rings. The maximum atomic E-state index is 13.2. The zero-order chi connectivity index (χ0) is 13.1. The fourth-order valence-electron chi connectivity index (χ4n) is 1.06. The molecule has 0 aliphatic carbocycles. The van der Waals surface area contributed by atoms with Crippen LogP contribution in [0.2, 0.25) is 0 Å². The van der Waals surface area contributed by atoms with Crippen molar-refractivity contribution in [3.8, 4) is 0 Å². The lowest BCUT2D eigenvalue weighted by Gasteiger charge is -2.21. The van der Waals surface area contributed by atoms with Crippen molar-refractivity contribution in [2.24, 2.45) is 5.41 Å². The molecule has 0 atom stereocenters. The number of aromatic nitrogens is 1. The predicted octanol–water partition coefficient (Wildman–Crippen LogP) is 1.11. The largest absolute Gasteiger partial charge is 0.396 e. The van der Waals surface area contributed by atoms with Gasteiger partial charge in [0.2, 0.25) is 5.95 Å². The maximum Gasteiger partial charge on any atom is 0.254 e. The molecule has 0 spiro atoms. The summed E-state index contributed by atoms with van der Waals surface area (Å²) < 4.78 is 26.0. The van der Waals surface area contributed by atoms with Crippen LogP contribution in [0.25, 0.3) is 0 Å². The number of rotatable bonds is 4. The summed E-state index contributed by atoms with van der Waals surface area (Å²) in [5, 5.41) is 11.4. The van der Waals surface area contributed by atoms with Crippen molar-refractivity contribution >= 4 is 5.91 Å². The zero-order valence-corrected chi connectivity index (χ0v) is 9.63. The third-order valence-corrected chi connectivity index (χ3v) is 2.25. The minimum Gasteiger partial charge on any atom is -0.396 e. The van der Waals surface area contributed by atoms with Gasteiger partial charge in [0.1, 0.15) is 0 Å². The van der Waals surface area contributed by atoms with Gasteiger partial charge in [-0.15, -0.1) is 0 Å². The normalized spacial score (nSPS) is 11.4. The van der Waals surface area contributed by atoms with Crippen molar-refractivity contribution in [1.29, 1.82) is 0 Å². The second-order valence-electron chi connectivity index (χ2n) is 4.47. The molecule has 1 aromatic heterocycles. The van der Waals surface area contributed by atoms with Crippen LogP contribution in [-0.4, -0.2) is 29.1 Å². The first-order valence-electron chi connectivity index (χ1n) is 5.06. The maximum absolute atomic E-state index is 13.2. The molecule has 0 bridgehead atoms. The molecule has 1 amide bonds. The van der Waals surface area contributed by atoms with E-state index in [1.165, 1.54) is 0 Å². The van der Waals surface area contributed by atoms with E-state index in [0.29, 0.717) is 0 Å². The summed E-state index contributed by atoms with van der Waals surface area (Å²) >= 11 is 0. The number of hydrogen-bond acceptors (Lipinski definition) is 3. The topological polar surface area (TPSA) is 62.2 Å². The van der Waals surface area contributed by atoms with Gasteiger partial charge in [0.05, 0.1) is 5.56 Å². The summed E-state index contributed by atoms with van der Waals surface area (Å²) in [4.78, 5) is 14.6. The number of nitrogens with zero attached hydrogens (tertiary/aromatic N) is 1. The molecular weight excluding hydrogens is 230 g/mol. The average Bonchev–Trinajstić information content (AvgIpc) is 2.30. The lowest BCUT2D eigenvalue weighted by Crippen LogP contribution is -2.36. The molecular formula is C11H14F2N2O2. The highest BCUT2D eigenvalue weighted by atomic mass is 19.2. The summed E-state index contributed by atoms with van der Waals surface area (Å²) in [5.74, 6) is -3.31. The van der Waals surface area contributed by atoms with Gasteiger partial charge >= 0.3 is 0 Å². The van der Waals surface area contributed by atoms with Crippen LogP contribution < -0.4 is 5.32 Å². The lowest BCUT2D eigenvalue weighted by atomic mass is 9.95. The first kappa shape index (κ1) is 13.5. The summed E-state index contributed by atoms with van der Waals surface area (Å²) in [5.41, 5.74) is -0.913. The van der Waals surface area contributed by atoms with Crippen LogP contribution in [0.3, 0.4) is 0 Å². The molecule has 6 heteroatoms. The van der Waals surface area contributed by atoms with E-state index in [1.807, 2.05) is 0 Å². The number of amides is 1. The molecule has 4 nitrogen and oxygen atoms in total. The smallest absolute Gasteiger partial charge is 0.254 e. The van der Waals surface area contributed by atoms with Crippen molar-refractivity contribution in [3.05, 3.63) is 29.6 Å². The number of carbonyl (C=O) groups excluding carboxylic acids is 1. The van der Waals surface area contributed by atoms with Crippen molar-refractivity contribution in [1.82, 2.24) is 10.3 Å². The summed E-state index contributed by atoms with van der Waals surface area (Å²) in [6.45, 7) is 3.50. The van der Waals surface area contributed by atoms with Crippen LogP contribution in [0.1, 0.15) is 24.2 Å². The van der Waals surface area contributed by atoms with E-state index in [-0.39, 0.29) is 13.2 Å². The minimum atomic E-state index is -1.31. The Labute approximate surface area is 97.7 Å². The molecule has 0 radical (unpaired) electrons. The van der Waals surface area contributed by atoms with Gasteiger partial charge < -0.3 is 10.4 Å². The second-order valence-corrected chi connectivity index (χ2v) is 4.47. The fraction of sp³-hybridized carbons (Fsp3) is 0.455. The third-order valence-electron chi connectivity index (χ3n) is 2.25. The molecule has 0 saturated carbocycles. The van der Waals surface area contributed by atoms with Crippen molar-refractivity contribution in [3.63, 3.8) is 0 Å². The molecule has 1 rings (SSSR count). The lowest BCUT2D eigenvalue weighted by molar-refractivity contribution is 0.0905. The number of nitrogens with one attached hydrogen (secondary N) is 1. The number of carbonyl (C=O) groups is 1. The van der Waals surface area contributed by atoms with E-state index in [9.17, 15) is 13.6 Å². The van der Waals surface area contributed by atoms with Gasteiger partial charge in [-0.1, -0.05) is 13.8 Å². The molecule has 0 aliphatic rings. The van der Waals surface area contributed by atoms with Gasteiger partial charge in [-0.05, 0) is 6.07 Å². The predicted molar refractivity (Wildman–Crippen MR) is 57.4 cm³/mol. The quantitative estimate of drug-likeness (QED) is 0.780. The number of hydrogen-bond donors (Lipinski definition) is 2. The number of aliphatic hydroxyl groups excluding tert-OH is 1. The third kappa shape index (κ3) is 3.45. The van der Waals surface area contributed by atoms with E-state index in [2.05, 4.69) is 10.3 Å². The second kappa shape index (κ2) is 5.18. The molecule has 94 valence electrons. The molecule has 2 N–H and O–H groups in total. The van der Waals surface area contributed by atoms with E-state index in [1.54, 1.807) is 13.8 Å². The van der Waals surface area contributed by atoms with Gasteiger partial charge in [0.25, 0.3) is 5.91 Å². The molecule has 0 aromatic carbocycles. The van der Waals surface area contributed by atoms with Crippen LogP contribution in [0.5, 0.6) is 0 Å². The van der Waals surface area contributed by atoms with Crippen LogP contribution >= 0.6 is 0 Å². The Bertz CT molecular complexity index is 422. The van der Waals surface area contributed by atoms with Crippen LogP contribution in [-0.2, 0) is 0 Å². The number of aliphatic hydroxyl groups is 1. The Balaban J connectivity index is 2.74. The first-order chi connectivity index (χ1) is 7.87. The van der Waals surface area contributed by atoms with Crippen molar-refractivity contribution < 1.29 is 18.7 Å². The number of pyridine rings is 1. The first-order valence-corrected chi connectivity index (χ1v) is 5.06. The van der Waals surface area contributed by atoms with Crippen LogP contribution in [0.4, 0.5) is 8.78 Å². The zero-order valence-electron chi connectivity index (χ0n) is 9.63. The highest BCUT2D eigenvalue weighted by molar-refractivity contribution is 5.94. The van der Waals surface area contributed by atoms with Gasteiger partial charge in [0, 0.05) is 24.8 Å². The van der Waals surface area contributed by atoms with E-state index in [0.717, 1.165) is 12.3 Å².